The van der Waals surface area contributed by atoms with Crippen LogP contribution < -0.4 is 11.3 Å². The molecule has 0 unspecified atom stereocenters. The van der Waals surface area contributed by atoms with Gasteiger partial charge in [0.2, 0.25) is 0 Å². The van der Waals surface area contributed by atoms with Crippen molar-refractivity contribution in [3.8, 4) is 0 Å². The van der Waals surface area contributed by atoms with Crippen molar-refractivity contribution in [2.75, 3.05) is 5.73 Å². The van der Waals surface area contributed by atoms with Crippen LogP contribution in [0.2, 0.25) is 0 Å². The van der Waals surface area contributed by atoms with Gasteiger partial charge in [-0.3, -0.25) is 9.36 Å². The van der Waals surface area contributed by atoms with Crippen LogP contribution in [0.4, 0.5) is 18.9 Å². The second-order valence-corrected chi connectivity index (χ2v) is 4.52. The predicted octanol–water partition coefficient (Wildman–Crippen LogP) is 2.20. The first-order valence-electron chi connectivity index (χ1n) is 4.64. The van der Waals surface area contributed by atoms with Crippen LogP contribution >= 0.6 is 0 Å². The van der Waals surface area contributed by atoms with Gasteiger partial charge in [0.25, 0.3) is 5.56 Å². The van der Waals surface area contributed by atoms with Crippen LogP contribution in [0.5, 0.6) is 0 Å². The molecule has 0 amide bonds. The van der Waals surface area contributed by atoms with E-state index in [4.69, 9.17) is 5.73 Å². The fourth-order valence-electron chi connectivity index (χ4n) is 1.49. The Bertz CT molecular complexity index is 455. The van der Waals surface area contributed by atoms with Gasteiger partial charge in [-0.2, -0.15) is 13.2 Å². The van der Waals surface area contributed by atoms with Gasteiger partial charge in [0.15, 0.2) is 0 Å². The second kappa shape index (κ2) is 3.54. The lowest BCUT2D eigenvalue weighted by Crippen LogP contribution is -2.38. The van der Waals surface area contributed by atoms with Crippen LogP contribution in [0, 0.1) is 0 Å². The van der Waals surface area contributed by atoms with Crippen molar-refractivity contribution in [1.29, 1.82) is 0 Å². The SMILES string of the molecule is CC(C)(C)n1c(C(F)(F)F)cc(N)cc1=O. The van der Waals surface area contributed by atoms with Crippen LogP contribution in [0.3, 0.4) is 0 Å². The molecular weight excluding hydrogens is 221 g/mol. The van der Waals surface area contributed by atoms with Crippen LogP contribution in [-0.2, 0) is 11.7 Å². The van der Waals surface area contributed by atoms with E-state index in [0.29, 0.717) is 4.57 Å². The first-order valence-corrected chi connectivity index (χ1v) is 4.64. The zero-order valence-corrected chi connectivity index (χ0v) is 9.22. The fourth-order valence-corrected chi connectivity index (χ4v) is 1.49. The molecule has 0 bridgehead atoms. The fraction of sp³-hybridized carbons (Fsp3) is 0.500. The Morgan fingerprint density at radius 2 is 1.69 bits per heavy atom. The Morgan fingerprint density at radius 3 is 2.06 bits per heavy atom. The summed E-state index contributed by atoms with van der Waals surface area (Å²) in [6, 6.07) is 1.76. The molecule has 6 heteroatoms. The summed E-state index contributed by atoms with van der Waals surface area (Å²) < 4.78 is 38.9. The molecule has 90 valence electrons. The van der Waals surface area contributed by atoms with Gasteiger partial charge >= 0.3 is 6.18 Å². The standard InChI is InChI=1S/C10H13F3N2O/c1-9(2,3)15-7(10(11,12)13)4-6(14)5-8(15)16/h4-5H,14H2,1-3H3. The summed E-state index contributed by atoms with van der Waals surface area (Å²) in [7, 11) is 0. The van der Waals surface area contributed by atoms with E-state index in [1.54, 1.807) is 0 Å². The number of nitrogen functional groups attached to an aromatic ring is 1. The molecule has 0 aliphatic carbocycles. The Balaban J connectivity index is 3.65. The molecule has 0 fully saturated rings. The largest absolute Gasteiger partial charge is 0.431 e. The average molecular weight is 234 g/mol. The Labute approximate surface area is 90.7 Å². The minimum absolute atomic E-state index is 0.183. The normalized spacial score (nSPS) is 12.9. The highest BCUT2D eigenvalue weighted by molar-refractivity contribution is 5.39. The van der Waals surface area contributed by atoms with E-state index in [0.717, 1.165) is 12.1 Å². The van der Waals surface area contributed by atoms with E-state index < -0.39 is 23.0 Å². The van der Waals surface area contributed by atoms with Crippen LogP contribution in [0.25, 0.3) is 0 Å². The van der Waals surface area contributed by atoms with Crippen molar-refractivity contribution in [2.45, 2.75) is 32.5 Å². The minimum Gasteiger partial charge on any atom is -0.399 e. The molecule has 0 saturated carbocycles. The molecule has 1 aromatic heterocycles. The molecule has 0 aromatic carbocycles. The van der Waals surface area contributed by atoms with Gasteiger partial charge in [0, 0.05) is 17.3 Å². The third-order valence-corrected chi connectivity index (χ3v) is 2.02. The first-order chi connectivity index (χ1) is 7.03. The van der Waals surface area contributed by atoms with E-state index >= 15 is 0 Å². The Hall–Kier alpha value is -1.46. The molecule has 1 heterocycles. The molecule has 2 N–H and O–H groups in total. The van der Waals surface area contributed by atoms with E-state index in [1.807, 2.05) is 0 Å². The van der Waals surface area contributed by atoms with E-state index in [-0.39, 0.29) is 5.69 Å². The van der Waals surface area contributed by atoms with Crippen molar-refractivity contribution in [2.24, 2.45) is 0 Å². The average Bonchev–Trinajstić information content (AvgIpc) is 1.97. The number of anilines is 1. The van der Waals surface area contributed by atoms with Gasteiger partial charge in [-0.05, 0) is 26.8 Å². The zero-order chi connectivity index (χ0) is 12.7. The lowest BCUT2D eigenvalue weighted by Gasteiger charge is -2.27. The molecule has 1 aromatic rings. The summed E-state index contributed by atoms with van der Waals surface area (Å²) in [5.74, 6) is 0. The third kappa shape index (κ3) is 2.37. The quantitative estimate of drug-likeness (QED) is 0.748. The van der Waals surface area contributed by atoms with Crippen LogP contribution in [0.1, 0.15) is 26.5 Å². The molecule has 0 aliphatic rings. The lowest BCUT2D eigenvalue weighted by molar-refractivity contribution is -0.145. The number of halogens is 3. The van der Waals surface area contributed by atoms with Crippen LogP contribution in [0.15, 0.2) is 16.9 Å². The van der Waals surface area contributed by atoms with Crippen LogP contribution in [-0.4, -0.2) is 4.57 Å². The summed E-state index contributed by atoms with van der Waals surface area (Å²) >= 11 is 0. The van der Waals surface area contributed by atoms with Gasteiger partial charge < -0.3 is 5.73 Å². The zero-order valence-electron chi connectivity index (χ0n) is 9.22. The summed E-state index contributed by atoms with van der Waals surface area (Å²) in [6.45, 7) is 4.58. The summed E-state index contributed by atoms with van der Waals surface area (Å²) in [5.41, 5.74) is 2.35. The van der Waals surface area contributed by atoms with Gasteiger partial charge in [-0.15, -0.1) is 0 Å². The van der Waals surface area contributed by atoms with Crippen molar-refractivity contribution in [3.63, 3.8) is 0 Å². The lowest BCUT2D eigenvalue weighted by atomic mass is 10.1. The number of nitrogens with two attached hydrogens (primary N) is 1. The number of alkyl halides is 3. The number of aromatic nitrogens is 1. The van der Waals surface area contributed by atoms with Gasteiger partial charge in [0.05, 0.1) is 0 Å². The summed E-state index contributed by atoms with van der Waals surface area (Å²) in [4.78, 5) is 11.5. The molecule has 3 nitrogen and oxygen atoms in total. The number of pyridine rings is 1. The van der Waals surface area contributed by atoms with E-state index in [2.05, 4.69) is 0 Å². The van der Waals surface area contributed by atoms with Crippen molar-refractivity contribution in [3.05, 3.63) is 28.2 Å². The number of rotatable bonds is 0. The minimum atomic E-state index is -4.60. The highest BCUT2D eigenvalue weighted by Crippen LogP contribution is 2.32. The molecule has 0 atom stereocenters. The van der Waals surface area contributed by atoms with E-state index in [1.165, 1.54) is 20.8 Å². The molecule has 16 heavy (non-hydrogen) atoms. The van der Waals surface area contributed by atoms with Crippen molar-refractivity contribution in [1.82, 2.24) is 4.57 Å². The van der Waals surface area contributed by atoms with E-state index in [9.17, 15) is 18.0 Å². The maximum Gasteiger partial charge on any atom is 0.431 e. The number of hydrogen-bond donors (Lipinski definition) is 1. The van der Waals surface area contributed by atoms with Crippen molar-refractivity contribution < 1.29 is 13.2 Å². The maximum absolute atomic E-state index is 12.7. The highest BCUT2D eigenvalue weighted by Gasteiger charge is 2.37. The number of nitrogens with zero attached hydrogens (tertiary/aromatic N) is 1. The predicted molar refractivity (Wildman–Crippen MR) is 55.1 cm³/mol. The maximum atomic E-state index is 12.7. The summed E-state index contributed by atoms with van der Waals surface area (Å²) in [6.07, 6.45) is -4.60. The van der Waals surface area contributed by atoms with Crippen molar-refractivity contribution >= 4 is 5.69 Å². The number of hydrogen-bond acceptors (Lipinski definition) is 2. The third-order valence-electron chi connectivity index (χ3n) is 2.02. The molecule has 0 saturated heterocycles. The first kappa shape index (κ1) is 12.6. The van der Waals surface area contributed by atoms with Gasteiger partial charge in [-0.25, -0.2) is 0 Å². The Morgan fingerprint density at radius 1 is 1.19 bits per heavy atom. The highest BCUT2D eigenvalue weighted by atomic mass is 19.4. The molecule has 0 spiro atoms. The summed E-state index contributed by atoms with van der Waals surface area (Å²) in [5, 5.41) is 0. The monoisotopic (exact) mass is 234 g/mol. The molecule has 0 radical (unpaired) electrons. The second-order valence-electron chi connectivity index (χ2n) is 4.52. The van der Waals surface area contributed by atoms with Gasteiger partial charge in [-0.1, -0.05) is 0 Å². The topological polar surface area (TPSA) is 48.0 Å². The molecule has 1 rings (SSSR count). The molecular formula is C10H13F3N2O. The smallest absolute Gasteiger partial charge is 0.399 e. The van der Waals surface area contributed by atoms with Gasteiger partial charge in [0.1, 0.15) is 5.69 Å². The Kier molecular flexibility index (Phi) is 2.79. The molecule has 0 aliphatic heterocycles.